The van der Waals surface area contributed by atoms with Gasteiger partial charge >= 0.3 is 5.97 Å². The Morgan fingerprint density at radius 1 is 1.24 bits per heavy atom. The van der Waals surface area contributed by atoms with Crippen LogP contribution in [0, 0.1) is 5.92 Å². The zero-order chi connectivity index (χ0) is 15.6. The number of hydrogen-bond acceptors (Lipinski definition) is 3. The fourth-order valence-electron chi connectivity index (χ4n) is 2.97. The van der Waals surface area contributed by atoms with Gasteiger partial charge in [-0.25, -0.2) is 13.2 Å². The maximum absolute atomic E-state index is 12.7. The van der Waals surface area contributed by atoms with Gasteiger partial charge in [0, 0.05) is 0 Å². The molecule has 0 atom stereocenters. The van der Waals surface area contributed by atoms with Gasteiger partial charge in [-0.1, -0.05) is 19.9 Å². The van der Waals surface area contributed by atoms with E-state index in [-0.39, 0.29) is 15.7 Å². The van der Waals surface area contributed by atoms with Crippen LogP contribution in [0.15, 0.2) is 23.1 Å². The minimum atomic E-state index is -3.43. The number of aromatic carboxylic acids is 1. The Morgan fingerprint density at radius 3 is 2.38 bits per heavy atom. The molecule has 0 saturated heterocycles. The zero-order valence-electron chi connectivity index (χ0n) is 12.5. The molecule has 0 spiro atoms. The van der Waals surface area contributed by atoms with Gasteiger partial charge in [-0.15, -0.1) is 0 Å². The second-order valence-corrected chi connectivity index (χ2v) is 8.13. The summed E-state index contributed by atoms with van der Waals surface area (Å²) in [6, 6.07) is 4.51. The zero-order valence-corrected chi connectivity index (χ0v) is 13.3. The topological polar surface area (TPSA) is 71.4 Å². The van der Waals surface area contributed by atoms with Crippen molar-refractivity contribution in [2.24, 2.45) is 5.92 Å². The fourth-order valence-corrected chi connectivity index (χ4v) is 4.79. The average molecular weight is 310 g/mol. The van der Waals surface area contributed by atoms with Crippen LogP contribution < -0.4 is 0 Å². The molecule has 1 aliphatic rings. The third kappa shape index (κ3) is 3.28. The first-order valence-corrected chi connectivity index (χ1v) is 9.01. The average Bonchev–Trinajstić information content (AvgIpc) is 2.46. The van der Waals surface area contributed by atoms with Crippen molar-refractivity contribution in [3.8, 4) is 0 Å². The predicted molar refractivity (Wildman–Crippen MR) is 81.4 cm³/mol. The highest BCUT2D eigenvalue weighted by Gasteiger charge is 2.31. The maximum Gasteiger partial charge on any atom is 0.336 e. The monoisotopic (exact) mass is 310 g/mol. The molecule has 0 unspecified atom stereocenters. The lowest BCUT2D eigenvalue weighted by Crippen LogP contribution is -2.26. The smallest absolute Gasteiger partial charge is 0.336 e. The van der Waals surface area contributed by atoms with Crippen molar-refractivity contribution < 1.29 is 18.3 Å². The van der Waals surface area contributed by atoms with Gasteiger partial charge in [-0.3, -0.25) is 0 Å². The highest BCUT2D eigenvalue weighted by molar-refractivity contribution is 7.92. The van der Waals surface area contributed by atoms with E-state index in [9.17, 15) is 18.3 Å². The molecular formula is C16H22O4S. The van der Waals surface area contributed by atoms with Gasteiger partial charge in [0.05, 0.1) is 15.7 Å². The van der Waals surface area contributed by atoms with Crippen molar-refractivity contribution in [1.29, 1.82) is 0 Å². The molecule has 0 aromatic heterocycles. The summed E-state index contributed by atoms with van der Waals surface area (Å²) in [5.74, 6) is -0.491. The van der Waals surface area contributed by atoms with Crippen LogP contribution in [0.3, 0.4) is 0 Å². The van der Waals surface area contributed by atoms with Gasteiger partial charge in [0.1, 0.15) is 0 Å². The summed E-state index contributed by atoms with van der Waals surface area (Å²) in [4.78, 5) is 11.4. The molecule has 5 heteroatoms. The summed E-state index contributed by atoms with van der Waals surface area (Å²) in [6.07, 6.45) is 3.75. The van der Waals surface area contributed by atoms with Crippen LogP contribution in [0.2, 0.25) is 0 Å². The predicted octanol–water partition coefficient (Wildman–Crippen LogP) is 3.30. The van der Waals surface area contributed by atoms with Crippen molar-refractivity contribution in [3.05, 3.63) is 29.3 Å². The molecule has 1 aromatic rings. The first-order chi connectivity index (χ1) is 9.86. The number of benzene rings is 1. The Kier molecular flexibility index (Phi) is 4.71. The number of hydrogen-bond donors (Lipinski definition) is 1. The molecule has 1 aliphatic carbocycles. The molecule has 0 amide bonds. The van der Waals surface area contributed by atoms with Gasteiger partial charge in [-0.05, 0) is 55.7 Å². The van der Waals surface area contributed by atoms with E-state index in [0.717, 1.165) is 12.8 Å². The standard InChI is InChI=1S/C16H22O4S/c1-3-12-6-9-14(10-15(12)16(17)18)21(19,20)13-7-4-11(2)5-8-13/h6,9-11,13H,3-5,7-8H2,1-2H3,(H,17,18). The Hall–Kier alpha value is -1.36. The summed E-state index contributed by atoms with van der Waals surface area (Å²) in [5, 5.41) is 8.86. The van der Waals surface area contributed by atoms with Gasteiger partial charge in [0.25, 0.3) is 0 Å². The summed E-state index contributed by atoms with van der Waals surface area (Å²) in [5.41, 5.74) is 0.765. The fraction of sp³-hybridized carbons (Fsp3) is 0.562. The number of sulfone groups is 1. The van der Waals surface area contributed by atoms with Crippen LogP contribution in [-0.2, 0) is 16.3 Å². The minimum absolute atomic E-state index is 0.0998. The third-order valence-electron chi connectivity index (χ3n) is 4.42. The number of carboxylic acids is 1. The third-order valence-corrected chi connectivity index (χ3v) is 6.68. The van der Waals surface area contributed by atoms with Crippen molar-refractivity contribution in [3.63, 3.8) is 0 Å². The number of rotatable bonds is 4. The highest BCUT2D eigenvalue weighted by atomic mass is 32.2. The first kappa shape index (κ1) is 16.0. The second kappa shape index (κ2) is 6.18. The number of carbonyl (C=O) groups is 1. The molecule has 0 radical (unpaired) electrons. The van der Waals surface area contributed by atoms with Crippen molar-refractivity contribution in [2.75, 3.05) is 0 Å². The normalized spacial score (nSPS) is 23.0. The first-order valence-electron chi connectivity index (χ1n) is 7.46. The van der Waals surface area contributed by atoms with Crippen LogP contribution >= 0.6 is 0 Å². The van der Waals surface area contributed by atoms with Gasteiger partial charge < -0.3 is 5.11 Å². The Balaban J connectivity index is 2.36. The van der Waals surface area contributed by atoms with Crippen LogP contribution in [0.25, 0.3) is 0 Å². The molecule has 1 N–H and O–H groups in total. The molecule has 1 saturated carbocycles. The van der Waals surface area contributed by atoms with E-state index in [0.29, 0.717) is 30.7 Å². The van der Waals surface area contributed by atoms with Crippen molar-refractivity contribution in [2.45, 2.75) is 56.1 Å². The molecule has 1 aromatic carbocycles. The van der Waals surface area contributed by atoms with Crippen LogP contribution in [-0.4, -0.2) is 24.7 Å². The molecule has 4 nitrogen and oxygen atoms in total. The van der Waals surface area contributed by atoms with E-state index in [1.165, 1.54) is 6.07 Å². The molecular weight excluding hydrogens is 288 g/mol. The Morgan fingerprint density at radius 2 is 1.86 bits per heavy atom. The molecule has 2 rings (SSSR count). The molecule has 0 bridgehead atoms. The van der Waals surface area contributed by atoms with Crippen LogP contribution in [0.4, 0.5) is 0 Å². The summed E-state index contributed by atoms with van der Waals surface area (Å²) in [7, 11) is -3.43. The molecule has 0 aliphatic heterocycles. The van der Waals surface area contributed by atoms with Gasteiger partial charge in [-0.2, -0.15) is 0 Å². The number of aryl methyl sites for hydroxylation is 1. The van der Waals surface area contributed by atoms with Crippen LogP contribution in [0.5, 0.6) is 0 Å². The quantitative estimate of drug-likeness (QED) is 0.926. The number of carboxylic acid groups (broad SMARTS) is 1. The van der Waals surface area contributed by atoms with E-state index < -0.39 is 15.8 Å². The van der Waals surface area contributed by atoms with Crippen molar-refractivity contribution in [1.82, 2.24) is 0 Å². The van der Waals surface area contributed by atoms with E-state index in [4.69, 9.17) is 0 Å². The highest BCUT2D eigenvalue weighted by Crippen LogP contribution is 2.32. The Bertz CT molecular complexity index is 626. The van der Waals surface area contributed by atoms with E-state index >= 15 is 0 Å². The summed E-state index contributed by atoms with van der Waals surface area (Å²) < 4.78 is 25.4. The lowest BCUT2D eigenvalue weighted by Gasteiger charge is -2.26. The Labute approximate surface area is 126 Å². The molecule has 1 fully saturated rings. The summed E-state index contributed by atoms with van der Waals surface area (Å²) >= 11 is 0. The van der Waals surface area contributed by atoms with E-state index in [1.54, 1.807) is 12.1 Å². The molecule has 0 heterocycles. The van der Waals surface area contributed by atoms with Gasteiger partial charge in [0.2, 0.25) is 0 Å². The van der Waals surface area contributed by atoms with Crippen LogP contribution in [0.1, 0.15) is 55.5 Å². The lowest BCUT2D eigenvalue weighted by molar-refractivity contribution is 0.0695. The van der Waals surface area contributed by atoms with Gasteiger partial charge in [0.15, 0.2) is 9.84 Å². The maximum atomic E-state index is 12.7. The van der Waals surface area contributed by atoms with E-state index in [2.05, 4.69) is 6.92 Å². The second-order valence-electron chi connectivity index (χ2n) is 5.90. The SMILES string of the molecule is CCc1ccc(S(=O)(=O)C2CCC(C)CC2)cc1C(=O)O. The van der Waals surface area contributed by atoms with E-state index in [1.807, 2.05) is 6.92 Å². The lowest BCUT2D eigenvalue weighted by atomic mass is 9.91. The van der Waals surface area contributed by atoms with Crippen molar-refractivity contribution >= 4 is 15.8 Å². The largest absolute Gasteiger partial charge is 0.478 e. The molecule has 21 heavy (non-hydrogen) atoms. The minimum Gasteiger partial charge on any atom is -0.478 e. The molecule has 116 valence electrons. The summed E-state index contributed by atoms with van der Waals surface area (Å²) in [6.45, 7) is 4.00.